The molecule has 0 aliphatic heterocycles. The molecule has 1 aromatic carbocycles. The lowest BCUT2D eigenvalue weighted by molar-refractivity contribution is 0.495. The second-order valence-electron chi connectivity index (χ2n) is 6.73. The number of nitrogens with two attached hydrogens (primary N) is 1. The van der Waals surface area contributed by atoms with Crippen molar-refractivity contribution in [3.05, 3.63) is 51.8 Å². The van der Waals surface area contributed by atoms with Crippen LogP contribution in [0.1, 0.15) is 63.5 Å². The molecule has 0 radical (unpaired) electrons. The van der Waals surface area contributed by atoms with Gasteiger partial charge in [-0.15, -0.1) is 0 Å². The Hall–Kier alpha value is -1.13. The minimum atomic E-state index is -0.195. The Bertz CT molecular complexity index is 623. The highest BCUT2D eigenvalue weighted by molar-refractivity contribution is 9.10. The number of nitrogens with zero attached hydrogens (tertiary/aromatic N) is 2. The lowest BCUT2D eigenvalue weighted by Gasteiger charge is -2.27. The van der Waals surface area contributed by atoms with Gasteiger partial charge in [-0.3, -0.25) is 4.68 Å². The summed E-state index contributed by atoms with van der Waals surface area (Å²) in [6.07, 6.45) is 1.83. The first-order valence-corrected chi connectivity index (χ1v) is 8.10. The molecular formula is C17H24BrN3. The maximum Gasteiger partial charge on any atom is 0.0742 e. The summed E-state index contributed by atoms with van der Waals surface area (Å²) in [5.74, 6) is 0. The van der Waals surface area contributed by atoms with Crippen LogP contribution in [0, 0.1) is 0 Å². The maximum atomic E-state index is 6.61. The molecule has 1 aromatic heterocycles. The number of halogens is 1. The largest absolute Gasteiger partial charge is 0.319 e. The Morgan fingerprint density at radius 2 is 1.81 bits per heavy atom. The molecule has 4 heteroatoms. The van der Waals surface area contributed by atoms with Gasteiger partial charge in [-0.05, 0) is 46.3 Å². The maximum absolute atomic E-state index is 6.61. The minimum absolute atomic E-state index is 0.0589. The number of benzene rings is 1. The molecular weight excluding hydrogens is 326 g/mol. The van der Waals surface area contributed by atoms with E-state index in [0.29, 0.717) is 0 Å². The summed E-state index contributed by atoms with van der Waals surface area (Å²) < 4.78 is 2.96. The van der Waals surface area contributed by atoms with Gasteiger partial charge in [0.2, 0.25) is 0 Å². The first kappa shape index (κ1) is 16.2. The van der Waals surface area contributed by atoms with E-state index < -0.39 is 0 Å². The molecule has 2 rings (SSSR count). The Labute approximate surface area is 135 Å². The van der Waals surface area contributed by atoms with Crippen LogP contribution in [-0.2, 0) is 5.41 Å². The third-order valence-electron chi connectivity index (χ3n) is 3.67. The average Bonchev–Trinajstić information content (AvgIpc) is 2.79. The van der Waals surface area contributed by atoms with Gasteiger partial charge in [0.15, 0.2) is 0 Å². The summed E-state index contributed by atoms with van der Waals surface area (Å²) in [6, 6.07) is 8.49. The molecule has 0 bridgehead atoms. The molecule has 0 saturated carbocycles. The second kappa shape index (κ2) is 5.93. The number of hydrogen-bond donors (Lipinski definition) is 1. The molecule has 2 aromatic rings. The lowest BCUT2D eigenvalue weighted by Crippen LogP contribution is -2.23. The molecule has 0 amide bonds. The van der Waals surface area contributed by atoms with Crippen LogP contribution in [0.5, 0.6) is 0 Å². The fraction of sp³-hybridized carbons (Fsp3) is 0.471. The van der Waals surface area contributed by atoms with Crippen molar-refractivity contribution in [3.8, 4) is 0 Å². The second-order valence-corrected chi connectivity index (χ2v) is 7.59. The molecule has 1 unspecified atom stereocenters. The zero-order valence-corrected chi connectivity index (χ0v) is 15.0. The molecule has 2 N–H and O–H groups in total. The van der Waals surface area contributed by atoms with Crippen molar-refractivity contribution in [3.63, 3.8) is 0 Å². The highest BCUT2D eigenvalue weighted by atomic mass is 79.9. The summed E-state index contributed by atoms with van der Waals surface area (Å²) in [7, 11) is 0. The molecule has 1 heterocycles. The summed E-state index contributed by atoms with van der Waals surface area (Å²) in [5.41, 5.74) is 10.1. The van der Waals surface area contributed by atoms with Crippen LogP contribution in [0.4, 0.5) is 0 Å². The zero-order valence-electron chi connectivity index (χ0n) is 13.4. The van der Waals surface area contributed by atoms with Gasteiger partial charge in [-0.2, -0.15) is 5.10 Å². The van der Waals surface area contributed by atoms with Crippen LogP contribution in [0.25, 0.3) is 0 Å². The molecule has 0 aliphatic carbocycles. The quantitative estimate of drug-likeness (QED) is 0.881. The van der Waals surface area contributed by atoms with E-state index in [9.17, 15) is 0 Å². The molecule has 0 aliphatic rings. The van der Waals surface area contributed by atoms with E-state index in [2.05, 4.69) is 79.9 Å². The Morgan fingerprint density at radius 3 is 2.38 bits per heavy atom. The summed E-state index contributed by atoms with van der Waals surface area (Å²) >= 11 is 3.60. The SMILES string of the molecule is CC(C)n1ncc(Br)c1C(N)c1ccccc1C(C)(C)C. The van der Waals surface area contributed by atoms with Crippen LogP contribution in [0.2, 0.25) is 0 Å². The number of rotatable bonds is 3. The Balaban J connectivity index is 2.56. The zero-order chi connectivity index (χ0) is 15.8. The van der Waals surface area contributed by atoms with E-state index in [1.165, 1.54) is 5.56 Å². The first-order chi connectivity index (χ1) is 9.73. The third kappa shape index (κ3) is 3.22. The van der Waals surface area contributed by atoms with Crippen LogP contribution < -0.4 is 5.73 Å². The molecule has 21 heavy (non-hydrogen) atoms. The fourth-order valence-corrected chi connectivity index (χ4v) is 3.17. The lowest BCUT2D eigenvalue weighted by atomic mass is 9.81. The smallest absolute Gasteiger partial charge is 0.0742 e. The highest BCUT2D eigenvalue weighted by Crippen LogP contribution is 2.34. The van der Waals surface area contributed by atoms with Crippen molar-refractivity contribution >= 4 is 15.9 Å². The molecule has 3 nitrogen and oxygen atoms in total. The number of hydrogen-bond acceptors (Lipinski definition) is 2. The van der Waals surface area contributed by atoms with Gasteiger partial charge in [-0.25, -0.2) is 0 Å². The topological polar surface area (TPSA) is 43.8 Å². The summed E-state index contributed by atoms with van der Waals surface area (Å²) in [6.45, 7) is 10.9. The third-order valence-corrected chi connectivity index (χ3v) is 4.29. The molecule has 1 atom stereocenters. The normalized spacial score (nSPS) is 13.7. The van der Waals surface area contributed by atoms with Gasteiger partial charge in [0.25, 0.3) is 0 Å². The fourth-order valence-electron chi connectivity index (χ4n) is 2.65. The average molecular weight is 350 g/mol. The van der Waals surface area contributed by atoms with Gasteiger partial charge >= 0.3 is 0 Å². The van der Waals surface area contributed by atoms with Gasteiger partial charge < -0.3 is 5.73 Å². The minimum Gasteiger partial charge on any atom is -0.319 e. The summed E-state index contributed by atoms with van der Waals surface area (Å²) in [5, 5.41) is 4.44. The monoisotopic (exact) mass is 349 g/mol. The van der Waals surface area contributed by atoms with Gasteiger partial charge in [0.05, 0.1) is 22.4 Å². The van der Waals surface area contributed by atoms with E-state index in [4.69, 9.17) is 5.73 Å². The van der Waals surface area contributed by atoms with Gasteiger partial charge in [-0.1, -0.05) is 45.0 Å². The molecule has 0 spiro atoms. The predicted octanol–water partition coefficient (Wildman–Crippen LogP) is 4.57. The van der Waals surface area contributed by atoms with Crippen LogP contribution >= 0.6 is 15.9 Å². The number of aromatic nitrogens is 2. The van der Waals surface area contributed by atoms with Crippen molar-refractivity contribution < 1.29 is 0 Å². The first-order valence-electron chi connectivity index (χ1n) is 7.31. The van der Waals surface area contributed by atoms with Gasteiger partial charge in [0.1, 0.15) is 0 Å². The Morgan fingerprint density at radius 1 is 1.19 bits per heavy atom. The van der Waals surface area contributed by atoms with E-state index in [1.54, 1.807) is 0 Å². The summed E-state index contributed by atoms with van der Waals surface area (Å²) in [4.78, 5) is 0. The van der Waals surface area contributed by atoms with Crippen molar-refractivity contribution in [2.24, 2.45) is 5.73 Å². The van der Waals surface area contributed by atoms with E-state index in [-0.39, 0.29) is 17.5 Å². The van der Waals surface area contributed by atoms with Crippen molar-refractivity contribution in [2.45, 2.75) is 52.1 Å². The van der Waals surface area contributed by atoms with Crippen LogP contribution in [0.3, 0.4) is 0 Å². The van der Waals surface area contributed by atoms with Crippen molar-refractivity contribution in [1.82, 2.24) is 9.78 Å². The van der Waals surface area contributed by atoms with E-state index >= 15 is 0 Å². The molecule has 0 saturated heterocycles. The molecule has 114 valence electrons. The van der Waals surface area contributed by atoms with Gasteiger partial charge in [0, 0.05) is 6.04 Å². The van der Waals surface area contributed by atoms with E-state index in [0.717, 1.165) is 15.7 Å². The van der Waals surface area contributed by atoms with Crippen LogP contribution in [0.15, 0.2) is 34.9 Å². The predicted molar refractivity (Wildman–Crippen MR) is 91.5 cm³/mol. The molecule has 0 fully saturated rings. The van der Waals surface area contributed by atoms with Crippen molar-refractivity contribution in [1.29, 1.82) is 0 Å². The Kier molecular flexibility index (Phi) is 4.59. The standard InChI is InChI=1S/C17H24BrN3/c1-11(2)21-16(14(18)10-20-21)15(19)12-8-6-7-9-13(12)17(3,4)5/h6-11,15H,19H2,1-5H3. The van der Waals surface area contributed by atoms with E-state index in [1.807, 2.05) is 10.9 Å². The van der Waals surface area contributed by atoms with Crippen LogP contribution in [-0.4, -0.2) is 9.78 Å². The highest BCUT2D eigenvalue weighted by Gasteiger charge is 2.25. The van der Waals surface area contributed by atoms with Crippen molar-refractivity contribution in [2.75, 3.05) is 0 Å².